The molecule has 1 N–H and O–H groups in total. The van der Waals surface area contributed by atoms with Crippen molar-refractivity contribution in [1.29, 1.82) is 0 Å². The summed E-state index contributed by atoms with van der Waals surface area (Å²) in [5, 5.41) is 2.82. The number of carbonyl (C=O) groups excluding carboxylic acids is 1. The van der Waals surface area contributed by atoms with Crippen LogP contribution in [0.25, 0.3) is 0 Å². The summed E-state index contributed by atoms with van der Waals surface area (Å²) >= 11 is 3.11. The van der Waals surface area contributed by atoms with Crippen LogP contribution in [0, 0.1) is 4.83 Å². The lowest BCUT2D eigenvalue weighted by Gasteiger charge is -1.99. The third-order valence-corrected chi connectivity index (χ3v) is 1.86. The summed E-state index contributed by atoms with van der Waals surface area (Å²) < 4.78 is 0. The topological polar surface area (TPSA) is 29.1 Å². The van der Waals surface area contributed by atoms with Crippen LogP contribution in [0.5, 0.6) is 0 Å². The summed E-state index contributed by atoms with van der Waals surface area (Å²) in [5.74, 6) is -0.0307. The van der Waals surface area contributed by atoms with Gasteiger partial charge in [-0.1, -0.05) is 6.58 Å². The predicted molar refractivity (Wildman–Crippen MR) is 47.7 cm³/mol. The van der Waals surface area contributed by atoms with Gasteiger partial charge >= 0.3 is 5.78 Å². The van der Waals surface area contributed by atoms with Crippen LogP contribution in [0.4, 0.5) is 0 Å². The van der Waals surface area contributed by atoms with E-state index in [1.54, 1.807) is 12.2 Å². The molecule has 0 saturated carbocycles. The second-order valence-corrected chi connectivity index (χ2v) is 2.85. The predicted octanol–water partition coefficient (Wildman–Crippen LogP) is 1.67. The van der Waals surface area contributed by atoms with Gasteiger partial charge in [0.2, 0.25) is 0 Å². The molecule has 0 fully saturated rings. The third kappa shape index (κ3) is 1.98. The molecule has 3 heteroatoms. The number of carbonyl (C=O) groups is 1. The van der Waals surface area contributed by atoms with E-state index in [0.29, 0.717) is 4.83 Å². The van der Waals surface area contributed by atoms with E-state index in [4.69, 9.17) is 0 Å². The zero-order valence-electron chi connectivity index (χ0n) is 5.80. The minimum Gasteiger partial charge on any atom is -0.340 e. The minimum absolute atomic E-state index is 0.0307. The molecule has 0 aromatic rings. The Labute approximate surface area is 73.8 Å². The van der Waals surface area contributed by atoms with Gasteiger partial charge in [0.1, 0.15) is 6.08 Å². The average Bonchev–Trinajstić information content (AvgIpc) is 1.98. The van der Waals surface area contributed by atoms with Gasteiger partial charge in [-0.25, -0.2) is 0 Å². The van der Waals surface area contributed by atoms with Crippen LogP contribution in [-0.4, -0.2) is 5.78 Å². The van der Waals surface area contributed by atoms with Crippen LogP contribution in [-0.2, 0) is 4.79 Å². The highest BCUT2D eigenvalue weighted by molar-refractivity contribution is 9.11. The van der Waals surface area contributed by atoms with Crippen LogP contribution in [0.15, 0.2) is 36.7 Å². The first kappa shape index (κ1) is 8.14. The number of ketones is 1. The fraction of sp³-hybridized carbons (Fsp3) is 0. The van der Waals surface area contributed by atoms with Crippen molar-refractivity contribution in [1.82, 2.24) is 5.32 Å². The van der Waals surface area contributed by atoms with Crippen molar-refractivity contribution in [3.05, 3.63) is 41.5 Å². The maximum absolute atomic E-state index is 11.0. The maximum Gasteiger partial charge on any atom is 0.301 e. The van der Waals surface area contributed by atoms with E-state index in [0.717, 1.165) is 5.70 Å². The van der Waals surface area contributed by atoms with E-state index in [-0.39, 0.29) is 5.78 Å². The SMILES string of the molecule is C=CNC1=CC(=O)[C+](Br)C=C1. The normalized spacial score (nSPS) is 16.3. The largest absolute Gasteiger partial charge is 0.340 e. The molecule has 0 heterocycles. The summed E-state index contributed by atoms with van der Waals surface area (Å²) in [5.41, 5.74) is 0.758. The fourth-order valence-electron chi connectivity index (χ4n) is 0.711. The van der Waals surface area contributed by atoms with Crippen LogP contribution in [0.1, 0.15) is 0 Å². The van der Waals surface area contributed by atoms with Gasteiger partial charge in [-0.05, 0) is 6.20 Å². The second-order valence-electron chi connectivity index (χ2n) is 1.99. The van der Waals surface area contributed by atoms with E-state index in [2.05, 4.69) is 27.8 Å². The van der Waals surface area contributed by atoms with Crippen LogP contribution in [0.3, 0.4) is 0 Å². The zero-order chi connectivity index (χ0) is 8.27. The molecule has 0 aliphatic heterocycles. The summed E-state index contributed by atoms with van der Waals surface area (Å²) in [6.07, 6.45) is 6.54. The van der Waals surface area contributed by atoms with Crippen molar-refractivity contribution >= 4 is 21.7 Å². The Bertz CT molecular complexity index is 242. The summed E-state index contributed by atoms with van der Waals surface area (Å²) in [7, 11) is 0. The van der Waals surface area contributed by atoms with Gasteiger partial charge in [0, 0.05) is 15.9 Å². The van der Waals surface area contributed by atoms with Gasteiger partial charge in [0.15, 0.2) is 10.5 Å². The Morgan fingerprint density at radius 3 is 3.00 bits per heavy atom. The number of rotatable bonds is 2. The van der Waals surface area contributed by atoms with E-state index in [1.807, 2.05) is 0 Å². The van der Waals surface area contributed by atoms with Crippen molar-refractivity contribution in [2.45, 2.75) is 0 Å². The number of allylic oxidation sites excluding steroid dienone is 3. The Kier molecular flexibility index (Phi) is 2.54. The monoisotopic (exact) mass is 212 g/mol. The van der Waals surface area contributed by atoms with Crippen LogP contribution >= 0.6 is 15.9 Å². The lowest BCUT2D eigenvalue weighted by atomic mass is 10.1. The Hall–Kier alpha value is -0.960. The van der Waals surface area contributed by atoms with Crippen molar-refractivity contribution in [3.8, 4) is 0 Å². The standard InChI is InChI=1S/C8H6BrNO/c1-2-10-6-3-4-7(9)8(11)5-6/h2-5H,1H2/p+1. The van der Waals surface area contributed by atoms with Gasteiger partial charge in [-0.2, -0.15) is 0 Å². The van der Waals surface area contributed by atoms with Crippen molar-refractivity contribution in [2.24, 2.45) is 0 Å². The Morgan fingerprint density at radius 2 is 2.45 bits per heavy atom. The van der Waals surface area contributed by atoms with E-state index < -0.39 is 0 Å². The van der Waals surface area contributed by atoms with Gasteiger partial charge in [-0.15, -0.1) is 0 Å². The number of halogens is 1. The molecule has 0 spiro atoms. The average molecular weight is 213 g/mol. The first-order valence-electron chi connectivity index (χ1n) is 3.08. The molecule has 1 aliphatic carbocycles. The molecule has 0 radical (unpaired) electrons. The summed E-state index contributed by atoms with van der Waals surface area (Å²) in [6, 6.07) is 0. The molecular formula is C8H7BrNO+. The van der Waals surface area contributed by atoms with Gasteiger partial charge < -0.3 is 5.32 Å². The quantitative estimate of drug-likeness (QED) is 0.707. The van der Waals surface area contributed by atoms with Gasteiger partial charge in [-0.3, -0.25) is 4.79 Å². The highest BCUT2D eigenvalue weighted by Crippen LogP contribution is 2.19. The van der Waals surface area contributed by atoms with Crippen molar-refractivity contribution < 1.29 is 4.79 Å². The first-order valence-corrected chi connectivity index (χ1v) is 3.87. The van der Waals surface area contributed by atoms with Crippen LogP contribution < -0.4 is 5.32 Å². The van der Waals surface area contributed by atoms with E-state index in [9.17, 15) is 4.79 Å². The molecule has 0 aromatic heterocycles. The molecular weight excluding hydrogens is 206 g/mol. The highest BCUT2D eigenvalue weighted by atomic mass is 79.9. The van der Waals surface area contributed by atoms with E-state index >= 15 is 0 Å². The van der Waals surface area contributed by atoms with Crippen molar-refractivity contribution in [2.75, 3.05) is 0 Å². The molecule has 0 aromatic carbocycles. The zero-order valence-corrected chi connectivity index (χ0v) is 7.39. The first-order chi connectivity index (χ1) is 5.24. The highest BCUT2D eigenvalue weighted by Gasteiger charge is 2.22. The fourth-order valence-corrected chi connectivity index (χ4v) is 0.958. The number of hydrogen-bond acceptors (Lipinski definition) is 2. The van der Waals surface area contributed by atoms with Gasteiger partial charge in [0.05, 0.1) is 12.2 Å². The number of nitrogens with one attached hydrogen (secondary N) is 1. The molecule has 0 bridgehead atoms. The lowest BCUT2D eigenvalue weighted by Crippen LogP contribution is -2.11. The van der Waals surface area contributed by atoms with E-state index in [1.165, 1.54) is 12.3 Å². The third-order valence-electron chi connectivity index (χ3n) is 1.20. The molecule has 11 heavy (non-hydrogen) atoms. The molecule has 0 unspecified atom stereocenters. The molecule has 1 rings (SSSR count). The molecule has 0 amide bonds. The Balaban J connectivity index is 2.71. The maximum atomic E-state index is 11.0. The van der Waals surface area contributed by atoms with Crippen LogP contribution in [0.2, 0.25) is 0 Å². The molecule has 0 saturated heterocycles. The second kappa shape index (κ2) is 3.44. The van der Waals surface area contributed by atoms with Crippen molar-refractivity contribution in [3.63, 3.8) is 0 Å². The van der Waals surface area contributed by atoms with Gasteiger partial charge in [0.25, 0.3) is 0 Å². The molecule has 0 atom stereocenters. The molecule has 1 aliphatic rings. The number of hydrogen-bond donors (Lipinski definition) is 1. The Morgan fingerprint density at radius 1 is 1.73 bits per heavy atom. The summed E-state index contributed by atoms with van der Waals surface area (Å²) in [6.45, 7) is 3.48. The lowest BCUT2D eigenvalue weighted by molar-refractivity contribution is -0.111. The molecule has 56 valence electrons. The minimum atomic E-state index is -0.0307. The summed E-state index contributed by atoms with van der Waals surface area (Å²) in [4.78, 5) is 11.6. The molecule has 2 nitrogen and oxygen atoms in total. The smallest absolute Gasteiger partial charge is 0.301 e.